The predicted octanol–water partition coefficient (Wildman–Crippen LogP) is 1.34. The van der Waals surface area contributed by atoms with E-state index in [0.29, 0.717) is 0 Å². The molecule has 0 unspecified atom stereocenters. The van der Waals surface area contributed by atoms with Crippen LogP contribution in [0.25, 0.3) is 0 Å². The molecule has 0 N–H and O–H groups in total. The maximum atomic E-state index is 11.2. The molecule has 1 aliphatic heterocycles. The highest BCUT2D eigenvalue weighted by molar-refractivity contribution is 5.87. The summed E-state index contributed by atoms with van der Waals surface area (Å²) in [6, 6.07) is 0. The fourth-order valence-corrected chi connectivity index (χ4v) is 1.18. The molecule has 1 heterocycles. The Morgan fingerprint density at radius 3 is 2.64 bits per heavy atom. The smallest absolute Gasteiger partial charge is 0.254 e. The second-order valence-corrected chi connectivity index (χ2v) is 2.63. The maximum absolute atomic E-state index is 11.2. The fourth-order valence-electron chi connectivity index (χ4n) is 1.18. The van der Waals surface area contributed by atoms with Crippen molar-refractivity contribution in [1.82, 2.24) is 4.90 Å². The zero-order valence-corrected chi connectivity index (χ0v) is 6.84. The molecular formula is C9H13NO. The van der Waals surface area contributed by atoms with Gasteiger partial charge in [-0.3, -0.25) is 4.79 Å². The second kappa shape index (κ2) is 3.99. The van der Waals surface area contributed by atoms with E-state index in [2.05, 4.69) is 5.73 Å². The molecule has 1 amide bonds. The molecule has 0 aromatic rings. The molecule has 0 bridgehead atoms. The van der Waals surface area contributed by atoms with Crippen LogP contribution in [0.5, 0.6) is 0 Å². The summed E-state index contributed by atoms with van der Waals surface area (Å²) in [5, 5.41) is 0. The molecule has 2 heteroatoms. The third-order valence-corrected chi connectivity index (χ3v) is 1.79. The molecule has 2 nitrogen and oxygen atoms in total. The van der Waals surface area contributed by atoms with Crippen LogP contribution in [-0.2, 0) is 4.79 Å². The van der Waals surface area contributed by atoms with Crippen molar-refractivity contribution in [2.75, 3.05) is 13.1 Å². The monoisotopic (exact) mass is 151 g/mol. The Labute approximate surface area is 67.2 Å². The van der Waals surface area contributed by atoms with Crippen molar-refractivity contribution in [2.24, 2.45) is 0 Å². The van der Waals surface area contributed by atoms with Gasteiger partial charge in [0.15, 0.2) is 0 Å². The van der Waals surface area contributed by atoms with Gasteiger partial charge in [-0.2, -0.15) is 0 Å². The van der Waals surface area contributed by atoms with E-state index in [-0.39, 0.29) is 5.91 Å². The van der Waals surface area contributed by atoms with Crippen LogP contribution in [0.4, 0.5) is 0 Å². The van der Waals surface area contributed by atoms with Crippen molar-refractivity contribution in [3.8, 4) is 0 Å². The molecule has 1 aliphatic rings. The van der Waals surface area contributed by atoms with Gasteiger partial charge in [-0.25, -0.2) is 0 Å². The van der Waals surface area contributed by atoms with Crippen LogP contribution in [0, 0.1) is 0 Å². The van der Waals surface area contributed by atoms with Gasteiger partial charge in [-0.05, 0) is 25.8 Å². The first kappa shape index (κ1) is 8.09. The Morgan fingerprint density at radius 2 is 2.09 bits per heavy atom. The SMILES string of the molecule is CC=C=CC(=O)N1CCCC1. The van der Waals surface area contributed by atoms with Crippen LogP contribution in [-0.4, -0.2) is 23.9 Å². The number of amides is 1. The molecular weight excluding hydrogens is 138 g/mol. The van der Waals surface area contributed by atoms with Crippen molar-refractivity contribution in [3.05, 3.63) is 17.9 Å². The highest BCUT2D eigenvalue weighted by atomic mass is 16.2. The largest absolute Gasteiger partial charge is 0.339 e. The first-order chi connectivity index (χ1) is 5.34. The van der Waals surface area contributed by atoms with E-state index in [1.165, 1.54) is 6.08 Å². The summed E-state index contributed by atoms with van der Waals surface area (Å²) in [5.74, 6) is 0.0978. The van der Waals surface area contributed by atoms with Gasteiger partial charge >= 0.3 is 0 Å². The first-order valence-electron chi connectivity index (χ1n) is 4.00. The Morgan fingerprint density at radius 1 is 1.45 bits per heavy atom. The van der Waals surface area contributed by atoms with E-state index in [1.807, 2.05) is 11.8 Å². The van der Waals surface area contributed by atoms with E-state index in [1.54, 1.807) is 6.08 Å². The lowest BCUT2D eigenvalue weighted by molar-refractivity contribution is -0.124. The van der Waals surface area contributed by atoms with Crippen molar-refractivity contribution in [3.63, 3.8) is 0 Å². The Hall–Kier alpha value is -1.01. The van der Waals surface area contributed by atoms with Gasteiger partial charge in [-0.1, -0.05) is 0 Å². The number of nitrogens with zero attached hydrogens (tertiary/aromatic N) is 1. The molecule has 0 aromatic carbocycles. The van der Waals surface area contributed by atoms with E-state index >= 15 is 0 Å². The van der Waals surface area contributed by atoms with Crippen molar-refractivity contribution in [1.29, 1.82) is 0 Å². The van der Waals surface area contributed by atoms with Gasteiger partial charge in [0, 0.05) is 19.2 Å². The van der Waals surface area contributed by atoms with Crippen molar-refractivity contribution >= 4 is 5.91 Å². The third kappa shape index (κ3) is 2.24. The normalized spacial score (nSPS) is 15.9. The lowest BCUT2D eigenvalue weighted by atomic mass is 10.4. The summed E-state index contributed by atoms with van der Waals surface area (Å²) in [4.78, 5) is 13.0. The minimum atomic E-state index is 0.0978. The Balaban J connectivity index is 2.46. The number of rotatable bonds is 1. The van der Waals surface area contributed by atoms with E-state index in [4.69, 9.17) is 0 Å². The molecule has 0 atom stereocenters. The maximum Gasteiger partial charge on any atom is 0.254 e. The quantitative estimate of drug-likeness (QED) is 0.409. The van der Waals surface area contributed by atoms with Crippen LogP contribution < -0.4 is 0 Å². The summed E-state index contributed by atoms with van der Waals surface area (Å²) in [5.41, 5.74) is 2.78. The summed E-state index contributed by atoms with van der Waals surface area (Å²) in [7, 11) is 0. The van der Waals surface area contributed by atoms with E-state index in [9.17, 15) is 4.79 Å². The topological polar surface area (TPSA) is 20.3 Å². The number of carbonyl (C=O) groups excluding carboxylic acids is 1. The molecule has 0 saturated carbocycles. The second-order valence-electron chi connectivity index (χ2n) is 2.63. The number of hydrogen-bond donors (Lipinski definition) is 0. The molecule has 1 rings (SSSR count). The Kier molecular flexibility index (Phi) is 2.94. The van der Waals surface area contributed by atoms with E-state index < -0.39 is 0 Å². The third-order valence-electron chi connectivity index (χ3n) is 1.79. The molecule has 0 radical (unpaired) electrons. The van der Waals surface area contributed by atoms with Crippen LogP contribution in [0.3, 0.4) is 0 Å². The summed E-state index contributed by atoms with van der Waals surface area (Å²) >= 11 is 0. The summed E-state index contributed by atoms with van der Waals surface area (Å²) < 4.78 is 0. The lowest BCUT2D eigenvalue weighted by Gasteiger charge is -2.10. The minimum Gasteiger partial charge on any atom is -0.339 e. The number of likely N-dealkylation sites (tertiary alicyclic amines) is 1. The van der Waals surface area contributed by atoms with Crippen LogP contribution in [0.1, 0.15) is 19.8 Å². The van der Waals surface area contributed by atoms with Gasteiger partial charge < -0.3 is 4.90 Å². The standard InChI is InChI=1S/C9H13NO/c1-2-3-6-9(11)10-7-4-5-8-10/h2,6H,4-5,7-8H2,1H3. The summed E-state index contributed by atoms with van der Waals surface area (Å²) in [6.45, 7) is 3.69. The van der Waals surface area contributed by atoms with Gasteiger partial charge in [0.2, 0.25) is 0 Å². The molecule has 0 spiro atoms. The van der Waals surface area contributed by atoms with Crippen molar-refractivity contribution < 1.29 is 4.79 Å². The van der Waals surface area contributed by atoms with Crippen LogP contribution >= 0.6 is 0 Å². The van der Waals surface area contributed by atoms with Gasteiger partial charge in [0.25, 0.3) is 5.91 Å². The molecule has 1 fully saturated rings. The highest BCUT2D eigenvalue weighted by Gasteiger charge is 2.14. The molecule has 1 saturated heterocycles. The number of hydrogen-bond acceptors (Lipinski definition) is 1. The fraction of sp³-hybridized carbons (Fsp3) is 0.556. The van der Waals surface area contributed by atoms with Crippen LogP contribution in [0.2, 0.25) is 0 Å². The number of carbonyl (C=O) groups is 1. The summed E-state index contributed by atoms with van der Waals surface area (Å²) in [6.07, 6.45) is 5.55. The molecule has 0 aliphatic carbocycles. The van der Waals surface area contributed by atoms with E-state index in [0.717, 1.165) is 25.9 Å². The van der Waals surface area contributed by atoms with Gasteiger partial charge in [-0.15, -0.1) is 5.73 Å². The Bertz CT molecular complexity index is 196. The zero-order chi connectivity index (χ0) is 8.10. The minimum absolute atomic E-state index is 0.0978. The predicted molar refractivity (Wildman–Crippen MR) is 44.1 cm³/mol. The van der Waals surface area contributed by atoms with Gasteiger partial charge in [0.1, 0.15) is 0 Å². The van der Waals surface area contributed by atoms with Gasteiger partial charge in [0.05, 0.1) is 0 Å². The molecule has 0 aromatic heterocycles. The average molecular weight is 151 g/mol. The molecule has 11 heavy (non-hydrogen) atoms. The van der Waals surface area contributed by atoms with Crippen LogP contribution in [0.15, 0.2) is 17.9 Å². The average Bonchev–Trinajstić information content (AvgIpc) is 2.52. The zero-order valence-electron chi connectivity index (χ0n) is 6.84. The molecule has 60 valence electrons. The lowest BCUT2D eigenvalue weighted by Crippen LogP contribution is -2.25. The van der Waals surface area contributed by atoms with Crippen molar-refractivity contribution in [2.45, 2.75) is 19.8 Å². The first-order valence-corrected chi connectivity index (χ1v) is 4.00. The highest BCUT2D eigenvalue weighted by Crippen LogP contribution is 2.07.